The molecule has 158 valence electrons. The van der Waals surface area contributed by atoms with Crippen molar-refractivity contribution in [2.45, 2.75) is 31.7 Å². The van der Waals surface area contributed by atoms with E-state index in [1.54, 1.807) is 32.0 Å². The first kappa shape index (κ1) is 22.3. The minimum absolute atomic E-state index is 0.0185. The maximum absolute atomic E-state index is 14.2. The number of ketones is 1. The number of carbonyl (C=O) groups excluding carboxylic acids is 1. The number of carbonyl (C=O) groups is 1. The van der Waals surface area contributed by atoms with Crippen molar-refractivity contribution < 1.29 is 22.0 Å². The predicted molar refractivity (Wildman–Crippen MR) is 113 cm³/mol. The number of benzene rings is 2. The molecular formula is C21H19BrF2N2O3S. The van der Waals surface area contributed by atoms with Crippen molar-refractivity contribution in [3.05, 3.63) is 70.1 Å². The summed E-state index contributed by atoms with van der Waals surface area (Å²) in [6.45, 7) is 3.73. The first-order valence-electron chi connectivity index (χ1n) is 9.19. The lowest BCUT2D eigenvalue weighted by atomic mass is 10.1. The van der Waals surface area contributed by atoms with Crippen molar-refractivity contribution >= 4 is 31.6 Å². The van der Waals surface area contributed by atoms with E-state index in [9.17, 15) is 22.0 Å². The van der Waals surface area contributed by atoms with Gasteiger partial charge in [0.05, 0.1) is 21.9 Å². The summed E-state index contributed by atoms with van der Waals surface area (Å²) in [6, 6.07) is 9.85. The van der Waals surface area contributed by atoms with E-state index in [0.29, 0.717) is 16.7 Å². The van der Waals surface area contributed by atoms with Crippen LogP contribution in [0.5, 0.6) is 0 Å². The number of rotatable bonds is 7. The van der Waals surface area contributed by atoms with Gasteiger partial charge in [0.1, 0.15) is 11.6 Å². The highest BCUT2D eigenvalue weighted by molar-refractivity contribution is 9.10. The van der Waals surface area contributed by atoms with Crippen LogP contribution in [0, 0.1) is 18.6 Å². The predicted octanol–water partition coefficient (Wildman–Crippen LogP) is 4.97. The molecule has 0 fully saturated rings. The second-order valence-electron chi connectivity index (χ2n) is 6.63. The first-order chi connectivity index (χ1) is 14.2. The van der Waals surface area contributed by atoms with E-state index in [4.69, 9.17) is 0 Å². The van der Waals surface area contributed by atoms with E-state index in [-0.39, 0.29) is 28.4 Å². The minimum Gasteiger partial charge on any atom is -0.326 e. The largest absolute Gasteiger partial charge is 0.326 e. The SMILES string of the molecule is CCn1c(C(=O)CCS(=O)(=O)c2ccccc2Br)nc(-c2c(F)cccc2F)c1C. The Morgan fingerprint density at radius 3 is 2.33 bits per heavy atom. The molecule has 0 aliphatic heterocycles. The number of aromatic nitrogens is 2. The van der Waals surface area contributed by atoms with Crippen LogP contribution in [-0.4, -0.2) is 29.5 Å². The Bertz CT molecular complexity index is 1200. The summed E-state index contributed by atoms with van der Waals surface area (Å²) in [4.78, 5) is 17.1. The molecule has 0 amide bonds. The fraction of sp³-hybridized carbons (Fsp3) is 0.238. The Hall–Kier alpha value is -2.39. The number of halogens is 3. The lowest BCUT2D eigenvalue weighted by Gasteiger charge is -2.08. The summed E-state index contributed by atoms with van der Waals surface area (Å²) in [5.74, 6) is -2.51. The Morgan fingerprint density at radius 2 is 1.73 bits per heavy atom. The number of nitrogens with zero attached hydrogens (tertiary/aromatic N) is 2. The van der Waals surface area contributed by atoms with Gasteiger partial charge in [0.15, 0.2) is 21.4 Å². The Balaban J connectivity index is 1.93. The van der Waals surface area contributed by atoms with Crippen LogP contribution in [0.2, 0.25) is 0 Å². The van der Waals surface area contributed by atoms with Crippen molar-refractivity contribution in [2.24, 2.45) is 0 Å². The molecule has 9 heteroatoms. The first-order valence-corrected chi connectivity index (χ1v) is 11.6. The zero-order valence-electron chi connectivity index (χ0n) is 16.3. The van der Waals surface area contributed by atoms with Crippen LogP contribution in [0.3, 0.4) is 0 Å². The Kier molecular flexibility index (Phi) is 6.52. The van der Waals surface area contributed by atoms with Crippen LogP contribution in [0.1, 0.15) is 29.7 Å². The highest BCUT2D eigenvalue weighted by Gasteiger charge is 2.25. The summed E-state index contributed by atoms with van der Waals surface area (Å²) >= 11 is 3.21. The maximum Gasteiger partial charge on any atom is 0.199 e. The smallest absolute Gasteiger partial charge is 0.199 e. The molecule has 5 nitrogen and oxygen atoms in total. The molecule has 0 atom stereocenters. The van der Waals surface area contributed by atoms with E-state index in [1.165, 1.54) is 16.7 Å². The number of imidazole rings is 1. The molecule has 0 bridgehead atoms. The van der Waals surface area contributed by atoms with E-state index in [0.717, 1.165) is 12.1 Å². The number of Topliss-reactive ketones (excluding diaryl/α,β-unsaturated/α-hetero) is 1. The summed E-state index contributed by atoms with van der Waals surface area (Å²) in [7, 11) is -3.71. The van der Waals surface area contributed by atoms with Crippen LogP contribution < -0.4 is 0 Å². The van der Waals surface area contributed by atoms with Gasteiger partial charge in [-0.25, -0.2) is 22.2 Å². The quantitative estimate of drug-likeness (QED) is 0.433. The van der Waals surface area contributed by atoms with Crippen molar-refractivity contribution in [2.75, 3.05) is 5.75 Å². The summed E-state index contributed by atoms with van der Waals surface area (Å²) in [5.41, 5.74) is 0.153. The lowest BCUT2D eigenvalue weighted by Crippen LogP contribution is -2.16. The van der Waals surface area contributed by atoms with E-state index in [2.05, 4.69) is 20.9 Å². The zero-order chi connectivity index (χ0) is 22.1. The standard InChI is InChI=1S/C21H19BrF2N2O3S/c1-3-26-13(2)20(19-15(23)8-6-9-16(19)24)25-21(26)17(27)11-12-30(28,29)18-10-5-4-7-14(18)22/h4-10H,3,11-12H2,1-2H3. The van der Waals surface area contributed by atoms with Gasteiger partial charge in [-0.05, 0) is 54.0 Å². The topological polar surface area (TPSA) is 69.0 Å². The van der Waals surface area contributed by atoms with Crippen LogP contribution in [0.15, 0.2) is 51.8 Å². The molecular weight excluding hydrogens is 478 g/mol. The number of hydrogen-bond acceptors (Lipinski definition) is 4. The van der Waals surface area contributed by atoms with Crippen LogP contribution in [0.25, 0.3) is 11.3 Å². The van der Waals surface area contributed by atoms with Crippen LogP contribution in [-0.2, 0) is 16.4 Å². The molecule has 3 aromatic rings. The number of sulfone groups is 1. The lowest BCUT2D eigenvalue weighted by molar-refractivity contribution is 0.0974. The molecule has 0 aliphatic rings. The molecule has 0 unspecified atom stereocenters. The third-order valence-electron chi connectivity index (χ3n) is 4.76. The van der Waals surface area contributed by atoms with Gasteiger partial charge >= 0.3 is 0 Å². The average molecular weight is 497 g/mol. The van der Waals surface area contributed by atoms with Gasteiger partial charge in [0, 0.05) is 23.1 Å². The second-order valence-corrected chi connectivity index (χ2v) is 9.56. The van der Waals surface area contributed by atoms with Crippen molar-refractivity contribution in [1.29, 1.82) is 0 Å². The van der Waals surface area contributed by atoms with Gasteiger partial charge in [-0.3, -0.25) is 4.79 Å². The maximum atomic E-state index is 14.2. The van der Waals surface area contributed by atoms with Gasteiger partial charge < -0.3 is 4.57 Å². The fourth-order valence-electron chi connectivity index (χ4n) is 3.24. The number of hydrogen-bond donors (Lipinski definition) is 0. The van der Waals surface area contributed by atoms with E-state index in [1.807, 2.05) is 0 Å². The highest BCUT2D eigenvalue weighted by atomic mass is 79.9. The average Bonchev–Trinajstić information content (AvgIpc) is 3.02. The Morgan fingerprint density at radius 1 is 1.10 bits per heavy atom. The van der Waals surface area contributed by atoms with Crippen LogP contribution >= 0.6 is 15.9 Å². The van der Waals surface area contributed by atoms with Gasteiger partial charge in [-0.15, -0.1) is 0 Å². The third kappa shape index (κ3) is 4.22. The zero-order valence-corrected chi connectivity index (χ0v) is 18.7. The fourth-order valence-corrected chi connectivity index (χ4v) is 5.59. The monoisotopic (exact) mass is 496 g/mol. The molecule has 0 saturated heterocycles. The van der Waals surface area contributed by atoms with Crippen molar-refractivity contribution in [3.63, 3.8) is 0 Å². The van der Waals surface area contributed by atoms with Crippen molar-refractivity contribution in [1.82, 2.24) is 9.55 Å². The molecule has 0 spiro atoms. The molecule has 1 heterocycles. The second kappa shape index (κ2) is 8.77. The van der Waals surface area contributed by atoms with Crippen LogP contribution in [0.4, 0.5) is 8.78 Å². The third-order valence-corrected chi connectivity index (χ3v) is 7.48. The Labute approximate surface area is 181 Å². The van der Waals surface area contributed by atoms with E-state index >= 15 is 0 Å². The molecule has 0 N–H and O–H groups in total. The van der Waals surface area contributed by atoms with Gasteiger partial charge in [0.25, 0.3) is 0 Å². The van der Waals surface area contributed by atoms with E-state index < -0.39 is 33.0 Å². The molecule has 3 rings (SSSR count). The molecule has 0 aliphatic carbocycles. The van der Waals surface area contributed by atoms with Gasteiger partial charge in [-0.1, -0.05) is 18.2 Å². The molecule has 2 aromatic carbocycles. The molecule has 1 aromatic heterocycles. The summed E-state index contributed by atoms with van der Waals surface area (Å²) in [6.07, 6.45) is -0.306. The van der Waals surface area contributed by atoms with Crippen molar-refractivity contribution in [3.8, 4) is 11.3 Å². The summed E-state index contributed by atoms with van der Waals surface area (Å²) < 4.78 is 55.7. The minimum atomic E-state index is -3.71. The highest BCUT2D eigenvalue weighted by Crippen LogP contribution is 2.29. The normalized spacial score (nSPS) is 11.6. The molecule has 0 radical (unpaired) electrons. The van der Waals surface area contributed by atoms with Gasteiger partial charge in [0.2, 0.25) is 0 Å². The molecule has 30 heavy (non-hydrogen) atoms. The summed E-state index contributed by atoms with van der Waals surface area (Å²) in [5, 5.41) is 0. The molecule has 0 saturated carbocycles. The van der Waals surface area contributed by atoms with Gasteiger partial charge in [-0.2, -0.15) is 0 Å².